The lowest BCUT2D eigenvalue weighted by Gasteiger charge is -2.34. The molecule has 0 saturated carbocycles. The van der Waals surface area contributed by atoms with Gasteiger partial charge in [0.05, 0.1) is 5.57 Å². The van der Waals surface area contributed by atoms with Gasteiger partial charge in [0.15, 0.2) is 5.78 Å². The van der Waals surface area contributed by atoms with Crippen molar-refractivity contribution in [2.75, 3.05) is 18.1 Å². The van der Waals surface area contributed by atoms with E-state index in [2.05, 4.69) is 5.32 Å². The summed E-state index contributed by atoms with van der Waals surface area (Å²) in [4.78, 5) is 25.6. The fraction of sp³-hybridized carbons (Fsp3) is 0.429. The van der Waals surface area contributed by atoms with Gasteiger partial charge < -0.3 is 10.1 Å². The monoisotopic (exact) mass is 389 g/mol. The van der Waals surface area contributed by atoms with Crippen LogP contribution in [0.2, 0.25) is 0 Å². The minimum Gasteiger partial charge on any atom is -0.461 e. The van der Waals surface area contributed by atoms with Crippen LogP contribution < -0.4 is 5.32 Å². The third kappa shape index (κ3) is 4.26. The van der Waals surface area contributed by atoms with E-state index in [1.54, 1.807) is 23.9 Å². The number of hydrogen-bond donors (Lipinski definition) is 1. The van der Waals surface area contributed by atoms with Gasteiger partial charge in [0.1, 0.15) is 12.4 Å². The largest absolute Gasteiger partial charge is 0.461 e. The molecule has 0 spiro atoms. The highest BCUT2D eigenvalue weighted by Gasteiger charge is 2.39. The Hall–Kier alpha value is -2.08. The number of ketones is 1. The van der Waals surface area contributed by atoms with Gasteiger partial charge in [-0.25, -0.2) is 9.18 Å². The molecular formula is C21H24FNO3S. The molecule has 27 heavy (non-hydrogen) atoms. The first-order chi connectivity index (χ1) is 13.0. The number of ether oxygens (including phenoxy) is 1. The van der Waals surface area contributed by atoms with Gasteiger partial charge in [0.2, 0.25) is 0 Å². The average molecular weight is 389 g/mol. The third-order valence-corrected chi connectivity index (χ3v) is 5.71. The Morgan fingerprint density at radius 1 is 1.37 bits per heavy atom. The molecule has 1 atom stereocenters. The minimum absolute atomic E-state index is 0.0114. The van der Waals surface area contributed by atoms with Crippen LogP contribution in [0.5, 0.6) is 0 Å². The summed E-state index contributed by atoms with van der Waals surface area (Å²) in [5.41, 5.74) is 3.10. The van der Waals surface area contributed by atoms with Crippen LogP contribution in [0.1, 0.15) is 44.6 Å². The number of nitrogens with one attached hydrogen (secondary N) is 1. The van der Waals surface area contributed by atoms with E-state index in [1.807, 2.05) is 13.8 Å². The topological polar surface area (TPSA) is 55.4 Å². The molecule has 1 heterocycles. The molecular weight excluding hydrogens is 365 g/mol. The van der Waals surface area contributed by atoms with E-state index in [9.17, 15) is 14.0 Å². The lowest BCUT2D eigenvalue weighted by molar-refractivity contribution is -0.138. The van der Waals surface area contributed by atoms with Crippen LogP contribution in [0, 0.1) is 5.82 Å². The summed E-state index contributed by atoms with van der Waals surface area (Å²) in [7, 11) is 0. The number of halogens is 1. The number of allylic oxidation sites excluding steroid dienone is 3. The zero-order valence-electron chi connectivity index (χ0n) is 15.6. The smallest absolute Gasteiger partial charge is 0.336 e. The second-order valence-corrected chi connectivity index (χ2v) is 8.05. The summed E-state index contributed by atoms with van der Waals surface area (Å²) in [6.45, 7) is 4.17. The number of dihydropyridines is 1. The van der Waals surface area contributed by atoms with Crippen molar-refractivity contribution in [3.05, 3.63) is 58.2 Å². The molecule has 0 saturated heterocycles. The summed E-state index contributed by atoms with van der Waals surface area (Å²) < 4.78 is 19.4. The first-order valence-corrected chi connectivity index (χ1v) is 10.4. The quantitative estimate of drug-likeness (QED) is 0.587. The van der Waals surface area contributed by atoms with Crippen molar-refractivity contribution in [3.8, 4) is 0 Å². The Bertz CT molecular complexity index is 815. The van der Waals surface area contributed by atoms with E-state index < -0.39 is 11.9 Å². The third-order valence-electron chi connectivity index (χ3n) is 4.84. The molecule has 1 N–H and O–H groups in total. The van der Waals surface area contributed by atoms with E-state index in [1.165, 1.54) is 12.1 Å². The predicted molar refractivity (Wildman–Crippen MR) is 105 cm³/mol. The minimum atomic E-state index is -0.587. The Labute approximate surface area is 163 Å². The zero-order valence-corrected chi connectivity index (χ0v) is 16.5. The molecule has 0 aromatic heterocycles. The molecule has 4 nitrogen and oxygen atoms in total. The first-order valence-electron chi connectivity index (χ1n) is 9.27. The number of esters is 1. The van der Waals surface area contributed by atoms with E-state index in [4.69, 9.17) is 4.74 Å². The molecule has 0 radical (unpaired) electrons. The average Bonchev–Trinajstić information content (AvgIpc) is 2.64. The number of Topliss-reactive ketones (excluding diaryl/α,β-unsaturated/α-hetero) is 1. The molecule has 0 bridgehead atoms. The summed E-state index contributed by atoms with van der Waals surface area (Å²) >= 11 is 1.69. The number of rotatable bonds is 6. The van der Waals surface area contributed by atoms with Crippen molar-refractivity contribution < 1.29 is 18.7 Å². The zero-order chi connectivity index (χ0) is 19.4. The molecule has 6 heteroatoms. The van der Waals surface area contributed by atoms with Gasteiger partial charge in [-0.3, -0.25) is 4.79 Å². The van der Waals surface area contributed by atoms with Crippen LogP contribution >= 0.6 is 11.8 Å². The predicted octanol–water partition coefficient (Wildman–Crippen LogP) is 4.09. The van der Waals surface area contributed by atoms with Crippen molar-refractivity contribution in [2.24, 2.45) is 0 Å². The lowest BCUT2D eigenvalue weighted by atomic mass is 9.75. The number of carbonyl (C=O) groups excluding carboxylic acids is 2. The molecule has 1 aliphatic carbocycles. The van der Waals surface area contributed by atoms with E-state index >= 15 is 0 Å². The maximum atomic E-state index is 13.9. The maximum Gasteiger partial charge on any atom is 0.336 e. The molecule has 1 unspecified atom stereocenters. The van der Waals surface area contributed by atoms with E-state index in [0.717, 1.165) is 30.0 Å². The van der Waals surface area contributed by atoms with Crippen LogP contribution in [0.4, 0.5) is 4.39 Å². The van der Waals surface area contributed by atoms with Gasteiger partial charge >= 0.3 is 5.97 Å². The lowest BCUT2D eigenvalue weighted by Crippen LogP contribution is -2.34. The number of benzene rings is 1. The Balaban J connectivity index is 1.99. The van der Waals surface area contributed by atoms with Gasteiger partial charge in [0.25, 0.3) is 0 Å². The van der Waals surface area contributed by atoms with Crippen molar-refractivity contribution in [3.63, 3.8) is 0 Å². The number of carbonyl (C=O) groups is 2. The van der Waals surface area contributed by atoms with Crippen LogP contribution in [0.25, 0.3) is 0 Å². The van der Waals surface area contributed by atoms with Gasteiger partial charge in [-0.1, -0.05) is 19.1 Å². The van der Waals surface area contributed by atoms with Gasteiger partial charge in [-0.2, -0.15) is 11.8 Å². The molecule has 0 amide bonds. The molecule has 1 aliphatic heterocycles. The molecule has 2 aliphatic rings. The normalized spacial score (nSPS) is 19.7. The molecule has 1 aromatic rings. The second-order valence-electron chi connectivity index (χ2n) is 6.65. The maximum absolute atomic E-state index is 13.9. The first kappa shape index (κ1) is 19.7. The molecule has 3 rings (SSSR count). The van der Waals surface area contributed by atoms with Gasteiger partial charge in [-0.15, -0.1) is 0 Å². The van der Waals surface area contributed by atoms with Gasteiger partial charge in [-0.05, 0) is 43.2 Å². The summed E-state index contributed by atoms with van der Waals surface area (Å²) in [6.07, 6.45) is 1.97. The fourth-order valence-corrected chi connectivity index (χ4v) is 4.18. The van der Waals surface area contributed by atoms with Crippen molar-refractivity contribution in [2.45, 2.75) is 39.0 Å². The Kier molecular flexibility index (Phi) is 6.37. The van der Waals surface area contributed by atoms with Crippen molar-refractivity contribution in [1.29, 1.82) is 0 Å². The second kappa shape index (κ2) is 8.74. The summed E-state index contributed by atoms with van der Waals surface area (Å²) in [5, 5.41) is 3.23. The van der Waals surface area contributed by atoms with Crippen molar-refractivity contribution >= 4 is 23.5 Å². The summed E-state index contributed by atoms with van der Waals surface area (Å²) in [5.74, 6) is 0.266. The van der Waals surface area contributed by atoms with Crippen LogP contribution in [0.3, 0.4) is 0 Å². The highest BCUT2D eigenvalue weighted by atomic mass is 32.2. The SMILES string of the molecule is CCSCCOC(=O)C1=C(C)NC2=C(C(=O)CCC2)C1c1cccc(F)c1. The Morgan fingerprint density at radius 2 is 2.19 bits per heavy atom. The highest BCUT2D eigenvalue weighted by molar-refractivity contribution is 7.99. The standard InChI is InChI=1S/C21H24FNO3S/c1-3-27-11-10-26-21(25)18-13(2)23-16-8-5-9-17(24)20(16)19(18)14-6-4-7-15(22)12-14/h4,6-7,12,19,23H,3,5,8-11H2,1-2H3. The van der Waals surface area contributed by atoms with Crippen molar-refractivity contribution in [1.82, 2.24) is 5.32 Å². The summed E-state index contributed by atoms with van der Waals surface area (Å²) in [6, 6.07) is 6.13. The highest BCUT2D eigenvalue weighted by Crippen LogP contribution is 2.42. The number of thioether (sulfide) groups is 1. The van der Waals surface area contributed by atoms with Crippen LogP contribution in [-0.4, -0.2) is 29.9 Å². The fourth-order valence-electron chi connectivity index (χ4n) is 3.69. The number of hydrogen-bond acceptors (Lipinski definition) is 5. The van der Waals surface area contributed by atoms with Crippen LogP contribution in [-0.2, 0) is 14.3 Å². The molecule has 1 aromatic carbocycles. The van der Waals surface area contributed by atoms with E-state index in [0.29, 0.717) is 35.4 Å². The van der Waals surface area contributed by atoms with E-state index in [-0.39, 0.29) is 11.6 Å². The Morgan fingerprint density at radius 3 is 2.93 bits per heavy atom. The van der Waals surface area contributed by atoms with Gasteiger partial charge in [0, 0.05) is 35.1 Å². The van der Waals surface area contributed by atoms with Crippen LogP contribution in [0.15, 0.2) is 46.8 Å². The molecule has 0 fully saturated rings. The molecule has 144 valence electrons.